The highest BCUT2D eigenvalue weighted by Gasteiger charge is 2.21. The largest absolute Gasteiger partial charge is 0.486 e. The molecular formula is C20H21ClN4O2S. The molecule has 0 spiro atoms. The van der Waals surface area contributed by atoms with Crippen LogP contribution in [0.4, 0.5) is 0 Å². The third kappa shape index (κ3) is 5.74. The summed E-state index contributed by atoms with van der Waals surface area (Å²) in [6.45, 7) is 2.68. The highest BCUT2D eigenvalue weighted by atomic mass is 35.5. The number of amides is 1. The molecule has 0 bridgehead atoms. The molecule has 8 heteroatoms. The van der Waals surface area contributed by atoms with Crippen molar-refractivity contribution >= 4 is 29.3 Å². The van der Waals surface area contributed by atoms with Crippen LogP contribution in [-0.4, -0.2) is 38.3 Å². The molecule has 0 aliphatic heterocycles. The van der Waals surface area contributed by atoms with E-state index in [4.69, 9.17) is 16.3 Å². The first-order valence-electron chi connectivity index (χ1n) is 8.76. The second kappa shape index (κ2) is 9.61. The van der Waals surface area contributed by atoms with Crippen LogP contribution in [0.25, 0.3) is 0 Å². The van der Waals surface area contributed by atoms with Crippen LogP contribution >= 0.6 is 23.4 Å². The van der Waals surface area contributed by atoms with Gasteiger partial charge in [0.15, 0.2) is 5.82 Å². The van der Waals surface area contributed by atoms with E-state index in [2.05, 4.69) is 15.2 Å². The van der Waals surface area contributed by atoms with Crippen molar-refractivity contribution in [2.45, 2.75) is 30.5 Å². The first-order valence-corrected chi connectivity index (χ1v) is 10.0. The van der Waals surface area contributed by atoms with E-state index >= 15 is 0 Å². The van der Waals surface area contributed by atoms with Crippen molar-refractivity contribution in [3.8, 4) is 5.75 Å². The van der Waals surface area contributed by atoms with E-state index in [1.807, 2.05) is 37.3 Å². The van der Waals surface area contributed by atoms with E-state index in [9.17, 15) is 4.79 Å². The molecule has 0 fully saturated rings. The fourth-order valence-electron chi connectivity index (χ4n) is 2.53. The van der Waals surface area contributed by atoms with Gasteiger partial charge in [-0.1, -0.05) is 53.7 Å². The van der Waals surface area contributed by atoms with E-state index in [-0.39, 0.29) is 17.8 Å². The Hall–Kier alpha value is -2.51. The Bertz CT molecular complexity index is 902. The lowest BCUT2D eigenvalue weighted by Gasteiger charge is -2.20. The van der Waals surface area contributed by atoms with Crippen LogP contribution in [0.15, 0.2) is 59.8 Å². The average molecular weight is 417 g/mol. The fraction of sp³-hybridized carbons (Fsp3) is 0.250. The summed E-state index contributed by atoms with van der Waals surface area (Å²) in [6.07, 6.45) is 0. The molecule has 1 aromatic heterocycles. The molecule has 1 N–H and O–H groups in total. The monoisotopic (exact) mass is 416 g/mol. The lowest BCUT2D eigenvalue weighted by Crippen LogP contribution is -2.32. The molecule has 6 nitrogen and oxygen atoms in total. The summed E-state index contributed by atoms with van der Waals surface area (Å²) < 4.78 is 5.64. The van der Waals surface area contributed by atoms with E-state index in [0.717, 1.165) is 5.56 Å². The molecule has 146 valence electrons. The molecule has 1 atom stereocenters. The van der Waals surface area contributed by atoms with Crippen molar-refractivity contribution in [3.05, 3.63) is 71.0 Å². The number of benzene rings is 2. The van der Waals surface area contributed by atoms with Crippen LogP contribution in [0, 0.1) is 0 Å². The fourth-order valence-corrected chi connectivity index (χ4v) is 3.52. The average Bonchev–Trinajstić information content (AvgIpc) is 3.15. The normalized spacial score (nSPS) is 11.8. The van der Waals surface area contributed by atoms with Crippen molar-refractivity contribution in [1.29, 1.82) is 0 Å². The number of hydrogen-bond acceptors (Lipinski definition) is 5. The van der Waals surface area contributed by atoms with Crippen LogP contribution in [0.1, 0.15) is 18.3 Å². The van der Waals surface area contributed by atoms with Gasteiger partial charge in [0.25, 0.3) is 0 Å². The summed E-state index contributed by atoms with van der Waals surface area (Å²) in [5.41, 5.74) is 1.09. The maximum atomic E-state index is 12.6. The van der Waals surface area contributed by atoms with Crippen molar-refractivity contribution in [2.24, 2.45) is 0 Å². The minimum absolute atomic E-state index is 0.0256. The highest BCUT2D eigenvalue weighted by molar-refractivity contribution is 8.00. The van der Waals surface area contributed by atoms with Crippen LogP contribution in [-0.2, 0) is 17.9 Å². The minimum atomic E-state index is -0.297. The zero-order valence-corrected chi connectivity index (χ0v) is 17.2. The van der Waals surface area contributed by atoms with Gasteiger partial charge in [0.05, 0.1) is 5.25 Å². The number of ether oxygens (including phenoxy) is 1. The SMILES string of the molecule is CC(Sc1n[nH]c(COc2ccc(Cl)cc2)n1)C(=O)N(C)Cc1ccccc1. The van der Waals surface area contributed by atoms with Crippen molar-refractivity contribution in [1.82, 2.24) is 20.1 Å². The number of hydrogen-bond donors (Lipinski definition) is 1. The second-order valence-corrected chi connectivity index (χ2v) is 7.99. The van der Waals surface area contributed by atoms with Gasteiger partial charge < -0.3 is 9.64 Å². The van der Waals surface area contributed by atoms with Crippen LogP contribution in [0.5, 0.6) is 5.75 Å². The smallest absolute Gasteiger partial charge is 0.235 e. The molecule has 1 heterocycles. The Labute approximate surface area is 173 Å². The second-order valence-electron chi connectivity index (χ2n) is 6.25. The molecule has 0 aliphatic carbocycles. The third-order valence-electron chi connectivity index (χ3n) is 3.97. The zero-order chi connectivity index (χ0) is 19.9. The van der Waals surface area contributed by atoms with Gasteiger partial charge >= 0.3 is 0 Å². The van der Waals surface area contributed by atoms with E-state index < -0.39 is 0 Å². The van der Waals surface area contributed by atoms with Gasteiger partial charge in [0.1, 0.15) is 12.4 Å². The Kier molecular flexibility index (Phi) is 6.95. The molecule has 28 heavy (non-hydrogen) atoms. The van der Waals surface area contributed by atoms with Crippen molar-refractivity contribution in [3.63, 3.8) is 0 Å². The summed E-state index contributed by atoms with van der Waals surface area (Å²) in [5, 5.41) is 7.88. The predicted molar refractivity (Wildman–Crippen MR) is 110 cm³/mol. The number of rotatable bonds is 8. The van der Waals surface area contributed by atoms with Crippen molar-refractivity contribution in [2.75, 3.05) is 7.05 Å². The number of H-pyrrole nitrogens is 1. The van der Waals surface area contributed by atoms with Gasteiger partial charge in [0.2, 0.25) is 11.1 Å². The van der Waals surface area contributed by atoms with Crippen LogP contribution in [0.2, 0.25) is 5.02 Å². The summed E-state index contributed by atoms with van der Waals surface area (Å²) in [5.74, 6) is 1.31. The first-order chi connectivity index (χ1) is 13.5. The number of aromatic amines is 1. The van der Waals surface area contributed by atoms with Gasteiger partial charge in [-0.05, 0) is 36.8 Å². The zero-order valence-electron chi connectivity index (χ0n) is 15.6. The maximum absolute atomic E-state index is 12.6. The van der Waals surface area contributed by atoms with E-state index in [0.29, 0.717) is 28.3 Å². The number of carbonyl (C=O) groups is 1. The lowest BCUT2D eigenvalue weighted by molar-refractivity contribution is -0.129. The summed E-state index contributed by atoms with van der Waals surface area (Å²) >= 11 is 7.17. The molecule has 1 unspecified atom stereocenters. The number of carbonyl (C=O) groups excluding carboxylic acids is 1. The lowest BCUT2D eigenvalue weighted by atomic mass is 10.2. The standard InChI is InChI=1S/C20H21ClN4O2S/c1-14(19(26)25(2)12-15-6-4-3-5-7-15)28-20-22-18(23-24-20)13-27-17-10-8-16(21)9-11-17/h3-11,14H,12-13H2,1-2H3,(H,22,23,24). The van der Waals surface area contributed by atoms with Gasteiger partial charge in [-0.15, -0.1) is 5.10 Å². The van der Waals surface area contributed by atoms with Crippen molar-refractivity contribution < 1.29 is 9.53 Å². The third-order valence-corrected chi connectivity index (χ3v) is 5.17. The number of thioether (sulfide) groups is 1. The minimum Gasteiger partial charge on any atom is -0.486 e. The molecule has 0 saturated carbocycles. The van der Waals surface area contributed by atoms with E-state index in [1.54, 1.807) is 36.2 Å². The Morgan fingerprint density at radius 3 is 2.64 bits per heavy atom. The molecule has 3 rings (SSSR count). The topological polar surface area (TPSA) is 71.1 Å². The Balaban J connectivity index is 1.50. The molecule has 0 aliphatic rings. The highest BCUT2D eigenvalue weighted by Crippen LogP contribution is 2.22. The van der Waals surface area contributed by atoms with Crippen LogP contribution < -0.4 is 4.74 Å². The molecule has 0 saturated heterocycles. The number of nitrogens with zero attached hydrogens (tertiary/aromatic N) is 3. The van der Waals surface area contributed by atoms with Gasteiger partial charge in [-0.3, -0.25) is 9.89 Å². The molecule has 0 radical (unpaired) electrons. The van der Waals surface area contributed by atoms with Gasteiger partial charge in [0, 0.05) is 18.6 Å². The summed E-state index contributed by atoms with van der Waals surface area (Å²) in [7, 11) is 1.80. The number of aromatic nitrogens is 3. The van der Waals surface area contributed by atoms with Gasteiger partial charge in [-0.25, -0.2) is 4.98 Å². The number of halogens is 1. The summed E-state index contributed by atoms with van der Waals surface area (Å²) in [6, 6.07) is 17.0. The molecule has 1 amide bonds. The molecule has 3 aromatic rings. The Morgan fingerprint density at radius 2 is 1.93 bits per heavy atom. The predicted octanol–water partition coefficient (Wildman–Crippen LogP) is 4.18. The number of nitrogens with one attached hydrogen (secondary N) is 1. The Morgan fingerprint density at radius 1 is 1.21 bits per heavy atom. The summed E-state index contributed by atoms with van der Waals surface area (Å²) in [4.78, 5) is 18.7. The first kappa shape index (κ1) is 20.2. The molecule has 2 aromatic carbocycles. The molecular weight excluding hydrogens is 396 g/mol. The van der Waals surface area contributed by atoms with Crippen LogP contribution in [0.3, 0.4) is 0 Å². The van der Waals surface area contributed by atoms with Gasteiger partial charge in [-0.2, -0.15) is 0 Å². The maximum Gasteiger partial charge on any atom is 0.235 e. The van der Waals surface area contributed by atoms with E-state index in [1.165, 1.54) is 11.8 Å². The quantitative estimate of drug-likeness (QED) is 0.558.